The molecule has 6 rings (SSSR count). The summed E-state index contributed by atoms with van der Waals surface area (Å²) in [7, 11) is 0. The Morgan fingerprint density at radius 3 is 1.40 bits per heavy atom. The van der Waals surface area contributed by atoms with Crippen LogP contribution in [0.3, 0.4) is 0 Å². The molecule has 6 nitrogen and oxygen atoms in total. The maximum Gasteiger partial charge on any atom is 0.170 e. The zero-order chi connectivity index (χ0) is 28.6. The van der Waals surface area contributed by atoms with Gasteiger partial charge in [0.05, 0.1) is 24.0 Å². The molecule has 0 amide bonds. The van der Waals surface area contributed by atoms with E-state index < -0.39 is 35.5 Å². The van der Waals surface area contributed by atoms with Crippen LogP contribution in [0.15, 0.2) is 72.8 Å². The highest BCUT2D eigenvalue weighted by Gasteiger charge is 2.31. The quantitative estimate of drug-likeness (QED) is 0.267. The summed E-state index contributed by atoms with van der Waals surface area (Å²) in [6.45, 7) is 0. The molecule has 0 saturated carbocycles. The second-order valence-corrected chi connectivity index (χ2v) is 9.11. The average Bonchev–Trinajstić information content (AvgIpc) is 2.93. The number of rotatable bonds is 2. The number of ketones is 2. The number of carbonyl (C=O) groups is 2. The maximum absolute atomic E-state index is 13.7. The van der Waals surface area contributed by atoms with Crippen molar-refractivity contribution >= 4 is 11.6 Å². The van der Waals surface area contributed by atoms with Gasteiger partial charge in [0, 0.05) is 11.1 Å². The highest BCUT2D eigenvalue weighted by Crippen LogP contribution is 2.38. The lowest BCUT2D eigenvalue weighted by Crippen LogP contribution is -2.21. The van der Waals surface area contributed by atoms with Gasteiger partial charge in [-0.2, -0.15) is 0 Å². The summed E-state index contributed by atoms with van der Waals surface area (Å²) in [6, 6.07) is 15.8. The van der Waals surface area contributed by atoms with E-state index in [0.29, 0.717) is 0 Å². The number of fused-ring (bicyclic) bond motifs is 2. The SMILES string of the molecule is O=C1CC(c2cccc(F)c2F)Oc2ccc(O)cc21.O=C1CC(c2cccc(F)c2F)Oc2ccc(O)cc21. The van der Waals surface area contributed by atoms with Crippen molar-refractivity contribution in [2.24, 2.45) is 0 Å². The summed E-state index contributed by atoms with van der Waals surface area (Å²) in [5.74, 6) is -4.11. The average molecular weight is 552 g/mol. The van der Waals surface area contributed by atoms with Gasteiger partial charge in [0.1, 0.15) is 35.2 Å². The monoisotopic (exact) mass is 552 g/mol. The van der Waals surface area contributed by atoms with Gasteiger partial charge in [-0.1, -0.05) is 24.3 Å². The number of phenolic OH excluding ortho intramolecular Hbond substituents is 2. The lowest BCUT2D eigenvalue weighted by atomic mass is 9.96. The van der Waals surface area contributed by atoms with Crippen LogP contribution >= 0.6 is 0 Å². The van der Waals surface area contributed by atoms with Gasteiger partial charge in [-0.15, -0.1) is 0 Å². The zero-order valence-electron chi connectivity index (χ0n) is 20.5. The van der Waals surface area contributed by atoms with Crippen molar-refractivity contribution in [3.63, 3.8) is 0 Å². The van der Waals surface area contributed by atoms with Crippen LogP contribution in [0.1, 0.15) is 56.9 Å². The molecule has 4 aromatic carbocycles. The second-order valence-electron chi connectivity index (χ2n) is 9.11. The minimum Gasteiger partial charge on any atom is -0.508 e. The molecule has 0 bridgehead atoms. The third-order valence-corrected chi connectivity index (χ3v) is 6.46. The van der Waals surface area contributed by atoms with Gasteiger partial charge in [-0.25, -0.2) is 17.6 Å². The van der Waals surface area contributed by atoms with Crippen molar-refractivity contribution in [3.8, 4) is 23.0 Å². The lowest BCUT2D eigenvalue weighted by Gasteiger charge is -2.25. The topological polar surface area (TPSA) is 93.1 Å². The molecule has 0 saturated heterocycles. The predicted molar refractivity (Wildman–Crippen MR) is 134 cm³/mol. The van der Waals surface area contributed by atoms with Gasteiger partial charge in [0.15, 0.2) is 34.8 Å². The number of hydrogen-bond donors (Lipinski definition) is 2. The van der Waals surface area contributed by atoms with Gasteiger partial charge in [-0.3, -0.25) is 9.59 Å². The van der Waals surface area contributed by atoms with Crippen molar-refractivity contribution in [2.75, 3.05) is 0 Å². The van der Waals surface area contributed by atoms with E-state index in [1.165, 1.54) is 60.7 Å². The van der Waals surface area contributed by atoms with E-state index in [1.54, 1.807) is 0 Å². The number of benzene rings is 4. The first-order valence-electron chi connectivity index (χ1n) is 12.1. The van der Waals surface area contributed by atoms with Gasteiger partial charge in [0.2, 0.25) is 0 Å². The molecule has 0 aliphatic carbocycles. The fourth-order valence-electron chi connectivity index (χ4n) is 4.51. The molecule has 2 N–H and O–H groups in total. The Hall–Kier alpha value is -4.86. The lowest BCUT2D eigenvalue weighted by molar-refractivity contribution is 0.0834. The van der Waals surface area contributed by atoms with Crippen LogP contribution in [-0.4, -0.2) is 21.8 Å². The van der Waals surface area contributed by atoms with Gasteiger partial charge < -0.3 is 19.7 Å². The fourth-order valence-corrected chi connectivity index (χ4v) is 4.51. The third kappa shape index (κ3) is 5.20. The summed E-state index contributed by atoms with van der Waals surface area (Å²) in [5, 5.41) is 18.7. The number of halogens is 4. The van der Waals surface area contributed by atoms with Gasteiger partial charge in [-0.05, 0) is 48.5 Å². The highest BCUT2D eigenvalue weighted by atomic mass is 19.2. The van der Waals surface area contributed by atoms with Crippen LogP contribution in [0, 0.1) is 23.3 Å². The minimum absolute atomic E-state index is 0.0112. The van der Waals surface area contributed by atoms with Crippen LogP contribution in [0.25, 0.3) is 0 Å². The molecule has 2 heterocycles. The standard InChI is InChI=1S/2C15H10F2O3/c2*16-11-3-1-2-9(15(11)17)14-7-12(19)10-6-8(18)4-5-13(10)20-14/h2*1-6,14,18H,7H2. The van der Waals surface area contributed by atoms with E-state index in [9.17, 15) is 37.4 Å². The number of aromatic hydroxyl groups is 2. The summed E-state index contributed by atoms with van der Waals surface area (Å²) < 4.78 is 65.0. The van der Waals surface area contributed by atoms with Crippen LogP contribution in [0.2, 0.25) is 0 Å². The number of ether oxygens (including phenoxy) is 2. The molecule has 0 spiro atoms. The summed E-state index contributed by atoms with van der Waals surface area (Å²) >= 11 is 0. The fraction of sp³-hybridized carbons (Fsp3) is 0.133. The molecule has 0 fully saturated rings. The minimum atomic E-state index is -1.01. The first kappa shape index (κ1) is 26.7. The molecular formula is C30H20F4O6. The van der Waals surface area contributed by atoms with Gasteiger partial charge >= 0.3 is 0 Å². The van der Waals surface area contributed by atoms with E-state index in [-0.39, 0.29) is 69.7 Å². The molecule has 2 unspecified atom stereocenters. The van der Waals surface area contributed by atoms with Crippen LogP contribution < -0.4 is 9.47 Å². The molecule has 204 valence electrons. The molecule has 0 aromatic heterocycles. The Morgan fingerprint density at radius 2 is 1.00 bits per heavy atom. The Bertz CT molecular complexity index is 1520. The first-order valence-corrected chi connectivity index (χ1v) is 12.1. The Labute approximate surface area is 225 Å². The van der Waals surface area contributed by atoms with Crippen molar-refractivity contribution in [2.45, 2.75) is 25.0 Å². The molecule has 40 heavy (non-hydrogen) atoms. The largest absolute Gasteiger partial charge is 0.508 e. The molecule has 2 aliphatic heterocycles. The van der Waals surface area contributed by atoms with Crippen molar-refractivity contribution in [3.05, 3.63) is 118 Å². The molecule has 4 aromatic rings. The number of hydrogen-bond acceptors (Lipinski definition) is 6. The second kappa shape index (κ2) is 10.7. The third-order valence-electron chi connectivity index (χ3n) is 6.46. The Morgan fingerprint density at radius 1 is 0.600 bits per heavy atom. The van der Waals surface area contributed by atoms with E-state index in [2.05, 4.69) is 0 Å². The van der Waals surface area contributed by atoms with Crippen LogP contribution in [0.5, 0.6) is 23.0 Å². The molecular weight excluding hydrogens is 532 g/mol. The Kier molecular flexibility index (Phi) is 7.17. The summed E-state index contributed by atoms with van der Waals surface area (Å²) in [4.78, 5) is 24.0. The van der Waals surface area contributed by atoms with E-state index in [4.69, 9.17) is 9.47 Å². The summed E-state index contributed by atoms with van der Waals surface area (Å²) in [5.41, 5.74) is 0.519. The maximum atomic E-state index is 13.7. The van der Waals surface area contributed by atoms with Crippen molar-refractivity contribution in [1.82, 2.24) is 0 Å². The number of phenols is 2. The molecule has 0 radical (unpaired) electrons. The van der Waals surface area contributed by atoms with Crippen LogP contribution in [0.4, 0.5) is 17.6 Å². The number of carbonyl (C=O) groups excluding carboxylic acids is 2. The normalized spacial score (nSPS) is 17.5. The van der Waals surface area contributed by atoms with Crippen molar-refractivity contribution in [1.29, 1.82) is 0 Å². The zero-order valence-corrected chi connectivity index (χ0v) is 20.5. The van der Waals surface area contributed by atoms with E-state index in [1.807, 2.05) is 0 Å². The number of Topliss-reactive ketones (excluding diaryl/α,β-unsaturated/α-hetero) is 2. The highest BCUT2D eigenvalue weighted by molar-refractivity contribution is 6.01. The first-order chi connectivity index (χ1) is 19.1. The smallest absolute Gasteiger partial charge is 0.170 e. The van der Waals surface area contributed by atoms with E-state index in [0.717, 1.165) is 12.1 Å². The van der Waals surface area contributed by atoms with Gasteiger partial charge in [0.25, 0.3) is 0 Å². The molecule has 2 atom stereocenters. The van der Waals surface area contributed by atoms with Crippen LogP contribution in [-0.2, 0) is 0 Å². The summed E-state index contributed by atoms with van der Waals surface area (Å²) in [6.07, 6.45) is -1.93. The molecule has 10 heteroatoms. The van der Waals surface area contributed by atoms with Crippen molar-refractivity contribution < 1.29 is 46.8 Å². The predicted octanol–water partition coefficient (Wildman–Crippen LogP) is 6.75. The van der Waals surface area contributed by atoms with E-state index >= 15 is 0 Å². The Balaban J connectivity index is 0.000000161. The molecule has 2 aliphatic rings.